The van der Waals surface area contributed by atoms with E-state index in [-0.39, 0.29) is 11.6 Å². The Kier molecular flexibility index (Phi) is 11.0. The van der Waals surface area contributed by atoms with E-state index in [9.17, 15) is 14.4 Å². The Morgan fingerprint density at radius 1 is 0.740 bits per heavy atom. The Balaban J connectivity index is 1.22. The molecule has 3 N–H and O–H groups in total. The molecule has 1 unspecified atom stereocenters. The number of carbonyl (C=O) groups is 3. The molecular weight excluding hydrogens is 661 g/mol. The fraction of sp³-hybridized carbons (Fsp3) is 0.0732. The normalized spacial score (nSPS) is 11.8. The average molecular weight is 695 g/mol. The second-order valence-corrected chi connectivity index (χ2v) is 13.8. The second-order valence-electron chi connectivity index (χ2n) is 11.5. The number of nitrogens with one attached hydrogen (secondary N) is 3. The number of amides is 3. The molecule has 3 amide bonds. The highest BCUT2D eigenvalue weighted by molar-refractivity contribution is 8.00. The van der Waals surface area contributed by atoms with Crippen molar-refractivity contribution in [2.45, 2.75) is 24.0 Å². The van der Waals surface area contributed by atoms with E-state index in [2.05, 4.69) is 16.0 Å². The standard InChI is InChI=1S/C41H34N4O3S2/c1-27-14-12-15-29(24-27)25-35(43-38(46)32-20-10-5-11-21-32)39(47)42-33-22-13-23-34(26-33)50-37(31-18-8-4-9-19-31)40(48)45-41-44-36(28(2)49-41)30-16-6-3-7-17-30/h3-26,37H,1-2H3,(H,42,47)(H,43,46)(H,44,45,48)/b35-25+. The summed E-state index contributed by atoms with van der Waals surface area (Å²) in [5, 5.41) is 8.69. The predicted octanol–water partition coefficient (Wildman–Crippen LogP) is 9.31. The fourth-order valence-electron chi connectivity index (χ4n) is 5.24. The minimum atomic E-state index is -0.603. The van der Waals surface area contributed by atoms with E-state index in [0.717, 1.165) is 37.7 Å². The topological polar surface area (TPSA) is 100 Å². The van der Waals surface area contributed by atoms with Crippen molar-refractivity contribution in [1.82, 2.24) is 10.3 Å². The van der Waals surface area contributed by atoms with E-state index >= 15 is 0 Å². The number of carbonyl (C=O) groups excluding carboxylic acids is 3. The minimum Gasteiger partial charge on any atom is -0.321 e. The largest absolute Gasteiger partial charge is 0.321 e. The lowest BCUT2D eigenvalue weighted by Gasteiger charge is -2.17. The molecule has 0 spiro atoms. The van der Waals surface area contributed by atoms with E-state index in [1.807, 2.05) is 123 Å². The third-order valence-electron chi connectivity index (χ3n) is 7.64. The van der Waals surface area contributed by atoms with E-state index in [1.165, 1.54) is 23.1 Å². The van der Waals surface area contributed by atoms with Gasteiger partial charge < -0.3 is 16.0 Å². The van der Waals surface area contributed by atoms with Crippen LogP contribution in [0.4, 0.5) is 10.8 Å². The Morgan fingerprint density at radius 2 is 1.42 bits per heavy atom. The molecule has 0 aliphatic heterocycles. The van der Waals surface area contributed by atoms with Crippen molar-refractivity contribution >= 4 is 57.7 Å². The lowest BCUT2D eigenvalue weighted by atomic mass is 10.1. The quantitative estimate of drug-likeness (QED) is 0.0928. The van der Waals surface area contributed by atoms with Gasteiger partial charge in [0.1, 0.15) is 10.9 Å². The number of benzene rings is 5. The zero-order chi connectivity index (χ0) is 34.9. The Bertz CT molecular complexity index is 2150. The molecule has 0 aliphatic carbocycles. The molecule has 9 heteroatoms. The van der Waals surface area contributed by atoms with Crippen LogP contribution in [0.5, 0.6) is 0 Å². The van der Waals surface area contributed by atoms with Crippen LogP contribution in [0.1, 0.15) is 37.2 Å². The average Bonchev–Trinajstić information content (AvgIpc) is 3.50. The van der Waals surface area contributed by atoms with Gasteiger partial charge in [-0.15, -0.1) is 23.1 Å². The highest BCUT2D eigenvalue weighted by atomic mass is 32.2. The molecule has 0 saturated carbocycles. The van der Waals surface area contributed by atoms with Gasteiger partial charge in [0.15, 0.2) is 5.13 Å². The van der Waals surface area contributed by atoms with Crippen molar-refractivity contribution in [2.75, 3.05) is 10.6 Å². The van der Waals surface area contributed by atoms with Crippen LogP contribution in [0, 0.1) is 13.8 Å². The first-order valence-corrected chi connectivity index (χ1v) is 17.6. The summed E-state index contributed by atoms with van der Waals surface area (Å²) < 4.78 is 0. The number of anilines is 2. The number of thiazole rings is 1. The third kappa shape index (κ3) is 8.82. The number of aryl methyl sites for hydroxylation is 2. The number of hydrogen-bond donors (Lipinski definition) is 3. The minimum absolute atomic E-state index is 0.0951. The molecule has 0 saturated heterocycles. The lowest BCUT2D eigenvalue weighted by molar-refractivity contribution is -0.116. The van der Waals surface area contributed by atoms with Crippen molar-refractivity contribution < 1.29 is 14.4 Å². The molecule has 0 fully saturated rings. The molecule has 1 heterocycles. The highest BCUT2D eigenvalue weighted by Crippen LogP contribution is 2.38. The molecule has 1 atom stereocenters. The first kappa shape index (κ1) is 34.1. The third-order valence-corrected chi connectivity index (χ3v) is 9.78. The van der Waals surface area contributed by atoms with Crippen molar-refractivity contribution in [2.24, 2.45) is 0 Å². The highest BCUT2D eigenvalue weighted by Gasteiger charge is 2.24. The van der Waals surface area contributed by atoms with Crippen molar-refractivity contribution in [3.05, 3.63) is 172 Å². The van der Waals surface area contributed by atoms with Crippen LogP contribution < -0.4 is 16.0 Å². The smallest absolute Gasteiger partial charge is 0.272 e. The number of nitrogens with zero attached hydrogens (tertiary/aromatic N) is 1. The van der Waals surface area contributed by atoms with Crippen LogP contribution in [-0.2, 0) is 9.59 Å². The summed E-state index contributed by atoms with van der Waals surface area (Å²) in [5.41, 5.74) is 5.50. The Morgan fingerprint density at radius 3 is 2.14 bits per heavy atom. The molecular formula is C41H34N4O3S2. The first-order valence-electron chi connectivity index (χ1n) is 15.9. The molecule has 1 aromatic heterocycles. The van der Waals surface area contributed by atoms with Crippen molar-refractivity contribution in [1.29, 1.82) is 0 Å². The summed E-state index contributed by atoms with van der Waals surface area (Å²) in [7, 11) is 0. The molecule has 0 bridgehead atoms. The zero-order valence-electron chi connectivity index (χ0n) is 27.4. The second kappa shape index (κ2) is 16.1. The summed E-state index contributed by atoms with van der Waals surface area (Å²) in [6.45, 7) is 3.96. The summed E-state index contributed by atoms with van der Waals surface area (Å²) >= 11 is 2.80. The summed E-state index contributed by atoms with van der Waals surface area (Å²) in [6.07, 6.45) is 1.65. The van der Waals surface area contributed by atoms with Crippen molar-refractivity contribution in [3.8, 4) is 11.3 Å². The van der Waals surface area contributed by atoms with Gasteiger partial charge in [-0.3, -0.25) is 14.4 Å². The molecule has 248 valence electrons. The van der Waals surface area contributed by atoms with Gasteiger partial charge in [0.05, 0.1) is 5.69 Å². The van der Waals surface area contributed by atoms with Crippen LogP contribution >= 0.6 is 23.1 Å². The van der Waals surface area contributed by atoms with Gasteiger partial charge in [-0.2, -0.15) is 0 Å². The van der Waals surface area contributed by atoms with Gasteiger partial charge in [-0.1, -0.05) is 115 Å². The fourth-order valence-corrected chi connectivity index (χ4v) is 7.16. The molecule has 0 aliphatic rings. The van der Waals surface area contributed by atoms with Crippen LogP contribution in [0.25, 0.3) is 17.3 Å². The van der Waals surface area contributed by atoms with Gasteiger partial charge in [0.2, 0.25) is 5.91 Å². The first-order chi connectivity index (χ1) is 24.3. The van der Waals surface area contributed by atoms with Crippen LogP contribution in [0.2, 0.25) is 0 Å². The van der Waals surface area contributed by atoms with Gasteiger partial charge in [0, 0.05) is 26.6 Å². The van der Waals surface area contributed by atoms with Gasteiger partial charge >= 0.3 is 0 Å². The van der Waals surface area contributed by atoms with Gasteiger partial charge in [-0.05, 0) is 61.4 Å². The maximum atomic E-state index is 13.9. The molecule has 0 radical (unpaired) electrons. The van der Waals surface area contributed by atoms with E-state index in [0.29, 0.717) is 16.4 Å². The number of hydrogen-bond acceptors (Lipinski definition) is 6. The van der Waals surface area contributed by atoms with E-state index < -0.39 is 17.1 Å². The van der Waals surface area contributed by atoms with Crippen LogP contribution in [0.3, 0.4) is 0 Å². The SMILES string of the molecule is Cc1cccc(/C=C(/NC(=O)c2ccccc2)C(=O)Nc2cccc(SC(C(=O)Nc3nc(-c4ccccc4)c(C)s3)c3ccccc3)c2)c1. The number of aromatic nitrogens is 1. The zero-order valence-corrected chi connectivity index (χ0v) is 29.1. The van der Waals surface area contributed by atoms with Crippen LogP contribution in [-0.4, -0.2) is 22.7 Å². The molecule has 7 nitrogen and oxygen atoms in total. The van der Waals surface area contributed by atoms with E-state index in [1.54, 1.807) is 36.4 Å². The predicted molar refractivity (Wildman–Crippen MR) is 204 cm³/mol. The molecule has 50 heavy (non-hydrogen) atoms. The molecule has 6 rings (SSSR count). The van der Waals surface area contributed by atoms with E-state index in [4.69, 9.17) is 4.98 Å². The Labute approximate surface area is 299 Å². The summed E-state index contributed by atoms with van der Waals surface area (Å²) in [6, 6.07) is 43.2. The molecule has 5 aromatic carbocycles. The van der Waals surface area contributed by atoms with Gasteiger partial charge in [0.25, 0.3) is 11.8 Å². The molecule has 6 aromatic rings. The van der Waals surface area contributed by atoms with Gasteiger partial charge in [-0.25, -0.2) is 4.98 Å². The lowest BCUT2D eigenvalue weighted by Crippen LogP contribution is -2.30. The Hall–Kier alpha value is -5.77. The summed E-state index contributed by atoms with van der Waals surface area (Å²) in [5.74, 6) is -1.09. The van der Waals surface area contributed by atoms with Crippen LogP contribution in [0.15, 0.2) is 150 Å². The summed E-state index contributed by atoms with van der Waals surface area (Å²) in [4.78, 5) is 47.2. The maximum absolute atomic E-state index is 13.9. The maximum Gasteiger partial charge on any atom is 0.272 e. The monoisotopic (exact) mass is 694 g/mol. The van der Waals surface area contributed by atoms with Crippen molar-refractivity contribution in [3.63, 3.8) is 0 Å². The number of rotatable bonds is 11. The number of thioether (sulfide) groups is 1.